The van der Waals surface area contributed by atoms with Crippen molar-refractivity contribution in [3.63, 3.8) is 0 Å². The van der Waals surface area contributed by atoms with E-state index in [2.05, 4.69) is 15.7 Å². The van der Waals surface area contributed by atoms with Crippen LogP contribution in [0, 0.1) is 0 Å². The maximum absolute atomic E-state index is 12.0. The highest BCUT2D eigenvalue weighted by atomic mass is 32.2. The van der Waals surface area contributed by atoms with E-state index in [1.165, 1.54) is 7.05 Å². The number of nitrogens with one attached hydrogen (secondary N) is 1. The summed E-state index contributed by atoms with van der Waals surface area (Å²) in [4.78, 5) is 2.34. The molecule has 1 N–H and O–H groups in total. The van der Waals surface area contributed by atoms with Crippen LogP contribution in [-0.2, 0) is 19.9 Å². The van der Waals surface area contributed by atoms with Gasteiger partial charge in [0.05, 0.1) is 16.4 Å². The summed E-state index contributed by atoms with van der Waals surface area (Å²) >= 11 is 1.54. The maximum Gasteiger partial charge on any atom is 0.240 e. The van der Waals surface area contributed by atoms with Crippen molar-refractivity contribution in [3.05, 3.63) is 36.4 Å². The van der Waals surface area contributed by atoms with E-state index in [1.54, 1.807) is 23.5 Å². The normalized spacial score (nSPS) is 17.8. The summed E-state index contributed by atoms with van der Waals surface area (Å²) in [6, 6.07) is 11.2. The fraction of sp³-hybridized carbons (Fsp3) is 0.294. The largest absolute Gasteiger partial charge is 0.369 e. The Morgan fingerprint density at radius 1 is 1.00 bits per heavy atom. The van der Waals surface area contributed by atoms with Crippen molar-refractivity contribution in [2.75, 3.05) is 36.5 Å². The van der Waals surface area contributed by atoms with Crippen molar-refractivity contribution in [2.45, 2.75) is 4.90 Å². The second kappa shape index (κ2) is 6.19. The second-order valence-electron chi connectivity index (χ2n) is 6.29. The van der Waals surface area contributed by atoms with Gasteiger partial charge in [0, 0.05) is 38.9 Å². The molecule has 0 radical (unpaired) electrons. The van der Waals surface area contributed by atoms with Crippen molar-refractivity contribution < 1.29 is 16.8 Å². The van der Waals surface area contributed by atoms with E-state index in [4.69, 9.17) is 0 Å². The number of hydrogen-bond acceptors (Lipinski definition) is 6. The summed E-state index contributed by atoms with van der Waals surface area (Å²) in [5.41, 5.74) is 1.00. The van der Waals surface area contributed by atoms with Crippen LogP contribution in [0.15, 0.2) is 41.3 Å². The van der Waals surface area contributed by atoms with Crippen LogP contribution in [0.4, 0.5) is 5.69 Å². The number of benzene rings is 2. The number of sulfonamides is 1. The lowest BCUT2D eigenvalue weighted by Crippen LogP contribution is -2.40. The molecule has 0 unspecified atom stereocenters. The summed E-state index contributed by atoms with van der Waals surface area (Å²) in [6.07, 6.45) is 0. The molecule has 2 heterocycles. The molecule has 6 nitrogen and oxygen atoms in total. The molecule has 1 fully saturated rings. The topological polar surface area (TPSA) is 83.6 Å². The van der Waals surface area contributed by atoms with E-state index in [-0.39, 0.29) is 16.4 Å². The first-order chi connectivity index (χ1) is 12.3. The van der Waals surface area contributed by atoms with Gasteiger partial charge in [-0.3, -0.25) is 0 Å². The zero-order chi connectivity index (χ0) is 18.5. The van der Waals surface area contributed by atoms with Crippen molar-refractivity contribution in [1.29, 1.82) is 0 Å². The number of thiophene rings is 1. The standard InChI is InChI=1S/C17H18N2O4S3/c1-18-26(22,23)13-3-5-15-14-4-2-12(10-16(14)24-17(15)11-13)19-6-8-25(20,21)9-7-19/h2-5,10-11,18H,6-9H2,1H3. The Labute approximate surface area is 156 Å². The van der Waals surface area contributed by atoms with Crippen LogP contribution in [0.2, 0.25) is 0 Å². The Kier molecular flexibility index (Phi) is 4.22. The van der Waals surface area contributed by atoms with Gasteiger partial charge in [0.15, 0.2) is 9.84 Å². The number of nitrogens with zero attached hydrogens (tertiary/aromatic N) is 1. The monoisotopic (exact) mass is 410 g/mol. The SMILES string of the molecule is CNS(=O)(=O)c1ccc2c(c1)sc1cc(N3CCS(=O)(=O)CC3)ccc12. The Bertz CT molecular complexity index is 1200. The van der Waals surface area contributed by atoms with E-state index in [9.17, 15) is 16.8 Å². The highest BCUT2D eigenvalue weighted by Gasteiger charge is 2.22. The molecule has 1 aromatic heterocycles. The molecule has 0 bridgehead atoms. The smallest absolute Gasteiger partial charge is 0.240 e. The summed E-state index contributed by atoms with van der Waals surface area (Å²) < 4.78 is 51.6. The molecule has 1 aliphatic heterocycles. The minimum atomic E-state index is -3.47. The van der Waals surface area contributed by atoms with Crippen LogP contribution in [0.1, 0.15) is 0 Å². The highest BCUT2D eigenvalue weighted by Crippen LogP contribution is 2.37. The van der Waals surface area contributed by atoms with Crippen LogP contribution >= 0.6 is 11.3 Å². The molecule has 3 aromatic rings. The molecule has 0 atom stereocenters. The van der Waals surface area contributed by atoms with E-state index in [0.29, 0.717) is 13.1 Å². The van der Waals surface area contributed by atoms with Gasteiger partial charge in [-0.1, -0.05) is 12.1 Å². The summed E-state index contributed by atoms with van der Waals surface area (Å²) in [7, 11) is -4.98. The highest BCUT2D eigenvalue weighted by molar-refractivity contribution is 7.91. The number of anilines is 1. The first kappa shape index (κ1) is 17.7. The first-order valence-corrected chi connectivity index (χ1v) is 12.3. The predicted molar refractivity (Wildman–Crippen MR) is 106 cm³/mol. The van der Waals surface area contributed by atoms with E-state index < -0.39 is 19.9 Å². The van der Waals surface area contributed by atoms with Gasteiger partial charge >= 0.3 is 0 Å². The Hall–Kier alpha value is -1.68. The minimum Gasteiger partial charge on any atom is -0.369 e. The Morgan fingerprint density at radius 3 is 2.27 bits per heavy atom. The summed E-state index contributed by atoms with van der Waals surface area (Å²) in [5, 5.41) is 2.10. The van der Waals surface area contributed by atoms with Crippen LogP contribution in [0.5, 0.6) is 0 Å². The van der Waals surface area contributed by atoms with E-state index in [1.807, 2.05) is 18.2 Å². The molecule has 0 saturated carbocycles. The van der Waals surface area contributed by atoms with Crippen molar-refractivity contribution in [3.8, 4) is 0 Å². The quantitative estimate of drug-likeness (QED) is 0.716. The third-order valence-corrected chi connectivity index (χ3v) is 8.85. The predicted octanol–water partition coefficient (Wildman–Crippen LogP) is 2.20. The third-order valence-electron chi connectivity index (χ3n) is 4.72. The molecule has 1 saturated heterocycles. The lowest BCUT2D eigenvalue weighted by Gasteiger charge is -2.28. The van der Waals surface area contributed by atoms with Gasteiger partial charge in [-0.05, 0) is 31.3 Å². The molecular weight excluding hydrogens is 392 g/mol. The molecule has 1 aliphatic rings. The van der Waals surface area contributed by atoms with Crippen molar-refractivity contribution in [1.82, 2.24) is 4.72 Å². The van der Waals surface area contributed by atoms with Crippen LogP contribution in [0.25, 0.3) is 20.2 Å². The lowest BCUT2D eigenvalue weighted by atomic mass is 10.1. The zero-order valence-electron chi connectivity index (χ0n) is 14.1. The summed E-state index contributed by atoms with van der Waals surface area (Å²) in [5.74, 6) is 0.366. The number of fused-ring (bicyclic) bond motifs is 3. The zero-order valence-corrected chi connectivity index (χ0v) is 16.5. The molecule has 0 aliphatic carbocycles. The van der Waals surface area contributed by atoms with E-state index in [0.717, 1.165) is 25.9 Å². The molecule has 2 aromatic carbocycles. The fourth-order valence-electron chi connectivity index (χ4n) is 3.20. The van der Waals surface area contributed by atoms with Gasteiger partial charge in [0.25, 0.3) is 0 Å². The average Bonchev–Trinajstić information content (AvgIpc) is 2.98. The molecule has 138 valence electrons. The molecule has 0 amide bonds. The van der Waals surface area contributed by atoms with Gasteiger partial charge < -0.3 is 4.90 Å². The minimum absolute atomic E-state index is 0.183. The van der Waals surface area contributed by atoms with Crippen molar-refractivity contribution in [2.24, 2.45) is 0 Å². The van der Waals surface area contributed by atoms with Crippen LogP contribution in [0.3, 0.4) is 0 Å². The van der Waals surface area contributed by atoms with Crippen molar-refractivity contribution >= 4 is 57.1 Å². The Morgan fingerprint density at radius 2 is 1.62 bits per heavy atom. The molecule has 4 rings (SSSR count). The van der Waals surface area contributed by atoms with E-state index >= 15 is 0 Å². The third kappa shape index (κ3) is 3.09. The number of sulfone groups is 1. The molecule has 26 heavy (non-hydrogen) atoms. The Balaban J connectivity index is 1.76. The van der Waals surface area contributed by atoms with Gasteiger partial charge in [0.2, 0.25) is 10.0 Å². The maximum atomic E-state index is 12.0. The first-order valence-electron chi connectivity index (χ1n) is 8.14. The molecular formula is C17H18N2O4S3. The average molecular weight is 411 g/mol. The second-order valence-corrected chi connectivity index (χ2v) is 11.6. The molecule has 9 heteroatoms. The van der Waals surface area contributed by atoms with Gasteiger partial charge in [0.1, 0.15) is 0 Å². The van der Waals surface area contributed by atoms with Gasteiger partial charge in [-0.25, -0.2) is 21.6 Å². The number of hydrogen-bond donors (Lipinski definition) is 1. The van der Waals surface area contributed by atoms with Gasteiger partial charge in [-0.2, -0.15) is 0 Å². The lowest BCUT2D eigenvalue weighted by molar-refractivity contribution is 0.586. The van der Waals surface area contributed by atoms with Crippen LogP contribution in [-0.4, -0.2) is 48.5 Å². The van der Waals surface area contributed by atoms with Crippen LogP contribution < -0.4 is 9.62 Å². The fourth-order valence-corrected chi connectivity index (χ4v) is 6.41. The summed E-state index contributed by atoms with van der Waals surface area (Å²) in [6.45, 7) is 1.01. The molecule has 0 spiro atoms. The number of rotatable bonds is 3. The van der Waals surface area contributed by atoms with Gasteiger partial charge in [-0.15, -0.1) is 11.3 Å².